The van der Waals surface area contributed by atoms with Gasteiger partial charge in [-0.05, 0) is 12.5 Å². The third-order valence-electron chi connectivity index (χ3n) is 3.27. The number of nitrogens with zero attached hydrogens (tertiary/aromatic N) is 3. The van der Waals surface area contributed by atoms with Gasteiger partial charge in [0.1, 0.15) is 17.5 Å². The lowest BCUT2D eigenvalue weighted by atomic mass is 10.1. The van der Waals surface area contributed by atoms with Gasteiger partial charge in [-0.15, -0.1) is 11.3 Å². The van der Waals surface area contributed by atoms with Gasteiger partial charge in [-0.1, -0.05) is 12.1 Å². The lowest BCUT2D eigenvalue weighted by molar-refractivity contribution is -0.384. The van der Waals surface area contributed by atoms with Gasteiger partial charge in [0.05, 0.1) is 15.2 Å². The van der Waals surface area contributed by atoms with Gasteiger partial charge in [-0.2, -0.15) is 0 Å². The van der Waals surface area contributed by atoms with Crippen molar-refractivity contribution in [2.45, 2.75) is 6.92 Å². The molecule has 0 fully saturated rings. The number of anilines is 2. The molecule has 0 unspecified atom stereocenters. The van der Waals surface area contributed by atoms with E-state index in [1.165, 1.54) is 29.1 Å². The smallest absolute Gasteiger partial charge is 0.338 e. The van der Waals surface area contributed by atoms with Gasteiger partial charge in [0, 0.05) is 11.4 Å². The third kappa shape index (κ3) is 2.57. The standard InChI is InChI=1S/C14H10N4O4S/c1-7-3-2-4-9(18(21)22)10(7)17-13-12-11(15-6-16-13)8(5-23-12)14(19)20/h2-6H,1H3,(H,19,20)(H,15,16,17). The minimum Gasteiger partial charge on any atom is -0.478 e. The molecular weight excluding hydrogens is 320 g/mol. The summed E-state index contributed by atoms with van der Waals surface area (Å²) in [5.41, 5.74) is 1.31. The van der Waals surface area contributed by atoms with Gasteiger partial charge in [0.2, 0.25) is 0 Å². The molecule has 116 valence electrons. The highest BCUT2D eigenvalue weighted by Gasteiger charge is 2.19. The number of nitro groups is 1. The Morgan fingerprint density at radius 2 is 2.17 bits per heavy atom. The predicted molar refractivity (Wildman–Crippen MR) is 85.5 cm³/mol. The number of aryl methyl sites for hydroxylation is 1. The first-order valence-electron chi connectivity index (χ1n) is 6.45. The molecule has 3 aromatic rings. The Bertz CT molecular complexity index is 938. The Hall–Kier alpha value is -3.07. The Labute approximate surface area is 133 Å². The molecule has 0 aliphatic rings. The maximum absolute atomic E-state index is 11.2. The number of nitrogens with one attached hydrogen (secondary N) is 1. The molecule has 0 atom stereocenters. The van der Waals surface area contributed by atoms with Crippen LogP contribution >= 0.6 is 11.3 Å². The lowest BCUT2D eigenvalue weighted by Gasteiger charge is -2.09. The molecule has 0 amide bonds. The van der Waals surface area contributed by atoms with E-state index in [-0.39, 0.29) is 11.3 Å². The minimum absolute atomic E-state index is 0.0771. The summed E-state index contributed by atoms with van der Waals surface area (Å²) in [4.78, 5) is 30.0. The van der Waals surface area contributed by atoms with Crippen LogP contribution in [0.15, 0.2) is 29.9 Å². The second kappa shape index (κ2) is 5.61. The summed E-state index contributed by atoms with van der Waals surface area (Å²) in [6, 6.07) is 4.73. The average molecular weight is 330 g/mol. The number of benzene rings is 1. The number of fused-ring (bicyclic) bond motifs is 1. The van der Waals surface area contributed by atoms with Gasteiger partial charge in [-0.3, -0.25) is 10.1 Å². The van der Waals surface area contributed by atoms with E-state index in [0.29, 0.717) is 27.3 Å². The summed E-state index contributed by atoms with van der Waals surface area (Å²) in [5, 5.41) is 24.7. The van der Waals surface area contributed by atoms with Crippen LogP contribution in [0.25, 0.3) is 10.2 Å². The lowest BCUT2D eigenvalue weighted by Crippen LogP contribution is -2.02. The first-order chi connectivity index (χ1) is 11.0. The predicted octanol–water partition coefficient (Wildman–Crippen LogP) is 3.35. The van der Waals surface area contributed by atoms with Crippen molar-refractivity contribution in [2.24, 2.45) is 0 Å². The average Bonchev–Trinajstić information content (AvgIpc) is 2.94. The molecule has 2 aromatic heterocycles. The van der Waals surface area contributed by atoms with Crippen LogP contribution in [0.3, 0.4) is 0 Å². The first-order valence-corrected chi connectivity index (χ1v) is 7.33. The molecule has 8 nitrogen and oxygen atoms in total. The van der Waals surface area contributed by atoms with Crippen molar-refractivity contribution in [3.63, 3.8) is 0 Å². The number of carboxylic acid groups (broad SMARTS) is 1. The molecule has 0 saturated heterocycles. The SMILES string of the molecule is Cc1cccc([N+](=O)[O-])c1Nc1ncnc2c(C(=O)O)csc12. The molecule has 9 heteroatoms. The van der Waals surface area contributed by atoms with Crippen molar-refractivity contribution in [3.05, 3.63) is 51.1 Å². The van der Waals surface area contributed by atoms with Gasteiger partial charge in [0.15, 0.2) is 5.82 Å². The maximum atomic E-state index is 11.2. The van der Waals surface area contributed by atoms with Gasteiger partial charge >= 0.3 is 5.97 Å². The van der Waals surface area contributed by atoms with Crippen LogP contribution in [0.5, 0.6) is 0 Å². The zero-order valence-electron chi connectivity index (χ0n) is 11.8. The Balaban J connectivity index is 2.14. The van der Waals surface area contributed by atoms with Crippen LogP contribution in [0.1, 0.15) is 15.9 Å². The second-order valence-electron chi connectivity index (χ2n) is 4.71. The number of thiophene rings is 1. The van der Waals surface area contributed by atoms with Gasteiger partial charge < -0.3 is 10.4 Å². The minimum atomic E-state index is -1.08. The molecule has 0 saturated carbocycles. The van der Waals surface area contributed by atoms with E-state index >= 15 is 0 Å². The molecule has 3 rings (SSSR count). The van der Waals surface area contributed by atoms with Crippen molar-refractivity contribution in [2.75, 3.05) is 5.32 Å². The summed E-state index contributed by atoms with van der Waals surface area (Å²) in [5.74, 6) is -0.743. The normalized spacial score (nSPS) is 10.7. The first kappa shape index (κ1) is 14.9. The molecule has 23 heavy (non-hydrogen) atoms. The van der Waals surface area contributed by atoms with Crippen molar-refractivity contribution < 1.29 is 14.8 Å². The van der Waals surface area contributed by atoms with Crippen LogP contribution in [-0.4, -0.2) is 26.0 Å². The highest BCUT2D eigenvalue weighted by atomic mass is 32.1. The number of nitro benzene ring substituents is 1. The molecule has 0 aliphatic carbocycles. The number of carboxylic acids is 1. The fraction of sp³-hybridized carbons (Fsp3) is 0.0714. The highest BCUT2D eigenvalue weighted by molar-refractivity contribution is 7.18. The van der Waals surface area contributed by atoms with Crippen LogP contribution in [-0.2, 0) is 0 Å². The Morgan fingerprint density at radius 1 is 1.39 bits per heavy atom. The highest BCUT2D eigenvalue weighted by Crippen LogP contribution is 2.35. The van der Waals surface area contributed by atoms with Crippen molar-refractivity contribution in [1.29, 1.82) is 0 Å². The van der Waals surface area contributed by atoms with Crippen LogP contribution < -0.4 is 5.32 Å². The summed E-state index contributed by atoms with van der Waals surface area (Å²) >= 11 is 1.17. The van der Waals surface area contributed by atoms with E-state index in [2.05, 4.69) is 15.3 Å². The van der Waals surface area contributed by atoms with Crippen LogP contribution in [0.4, 0.5) is 17.2 Å². The zero-order valence-corrected chi connectivity index (χ0v) is 12.6. The van der Waals surface area contributed by atoms with Crippen LogP contribution in [0.2, 0.25) is 0 Å². The van der Waals surface area contributed by atoms with E-state index in [4.69, 9.17) is 5.11 Å². The zero-order chi connectivity index (χ0) is 16.6. The third-order valence-corrected chi connectivity index (χ3v) is 4.25. The fourth-order valence-electron chi connectivity index (χ4n) is 2.18. The summed E-state index contributed by atoms with van der Waals surface area (Å²) in [6.07, 6.45) is 1.23. The van der Waals surface area contributed by atoms with Crippen molar-refractivity contribution in [3.8, 4) is 0 Å². The van der Waals surface area contributed by atoms with Gasteiger partial charge in [0.25, 0.3) is 5.69 Å². The molecule has 2 N–H and O–H groups in total. The molecule has 2 heterocycles. The molecule has 0 aliphatic heterocycles. The van der Waals surface area contributed by atoms with Crippen LogP contribution in [0, 0.1) is 17.0 Å². The summed E-state index contributed by atoms with van der Waals surface area (Å²) < 4.78 is 0.530. The van der Waals surface area contributed by atoms with Crippen molar-refractivity contribution in [1.82, 2.24) is 9.97 Å². The molecule has 0 spiro atoms. The van der Waals surface area contributed by atoms with E-state index in [9.17, 15) is 14.9 Å². The number of para-hydroxylation sites is 1. The molecular formula is C14H10N4O4S. The number of aromatic nitrogens is 2. The fourth-order valence-corrected chi connectivity index (χ4v) is 3.11. The summed E-state index contributed by atoms with van der Waals surface area (Å²) in [7, 11) is 0. The van der Waals surface area contributed by atoms with E-state index in [1.54, 1.807) is 19.1 Å². The van der Waals surface area contributed by atoms with E-state index < -0.39 is 10.9 Å². The molecule has 0 radical (unpaired) electrons. The number of hydrogen-bond acceptors (Lipinski definition) is 7. The summed E-state index contributed by atoms with van der Waals surface area (Å²) in [6.45, 7) is 1.74. The van der Waals surface area contributed by atoms with E-state index in [0.717, 1.165) is 0 Å². The van der Waals surface area contributed by atoms with Gasteiger partial charge in [-0.25, -0.2) is 14.8 Å². The van der Waals surface area contributed by atoms with Crippen molar-refractivity contribution >= 4 is 44.7 Å². The molecule has 0 bridgehead atoms. The van der Waals surface area contributed by atoms with E-state index in [1.807, 2.05) is 0 Å². The Morgan fingerprint density at radius 3 is 2.87 bits per heavy atom. The number of aromatic carboxylic acids is 1. The second-order valence-corrected chi connectivity index (χ2v) is 5.59. The number of rotatable bonds is 4. The maximum Gasteiger partial charge on any atom is 0.338 e. The largest absolute Gasteiger partial charge is 0.478 e. The number of hydrogen-bond donors (Lipinski definition) is 2. The molecule has 1 aromatic carbocycles. The Kier molecular flexibility index (Phi) is 3.62. The number of carbonyl (C=O) groups is 1. The quantitative estimate of drug-likeness (QED) is 0.556. The monoisotopic (exact) mass is 330 g/mol. The topological polar surface area (TPSA) is 118 Å².